The highest BCUT2D eigenvalue weighted by atomic mass is 16.2. The summed E-state index contributed by atoms with van der Waals surface area (Å²) in [5.74, 6) is -0.722. The molecule has 0 saturated carbocycles. The molecule has 144 valence electrons. The van der Waals surface area contributed by atoms with E-state index >= 15 is 0 Å². The number of nitrogens with one attached hydrogen (secondary N) is 2. The van der Waals surface area contributed by atoms with E-state index in [9.17, 15) is 14.4 Å². The lowest BCUT2D eigenvalue weighted by molar-refractivity contribution is -0.136. The van der Waals surface area contributed by atoms with Gasteiger partial charge in [0.05, 0.1) is 0 Å². The van der Waals surface area contributed by atoms with Gasteiger partial charge in [-0.3, -0.25) is 24.6 Å². The fourth-order valence-corrected chi connectivity index (χ4v) is 4.47. The van der Waals surface area contributed by atoms with Crippen molar-refractivity contribution in [3.63, 3.8) is 0 Å². The average molecular weight is 370 g/mol. The predicted octanol–water partition coefficient (Wildman–Crippen LogP) is 0.631. The molecule has 3 heterocycles. The van der Waals surface area contributed by atoms with Crippen LogP contribution in [-0.4, -0.2) is 59.7 Å². The molecule has 7 nitrogen and oxygen atoms in total. The molecule has 3 aliphatic heterocycles. The summed E-state index contributed by atoms with van der Waals surface area (Å²) in [6.45, 7) is 3.33. The molecule has 27 heavy (non-hydrogen) atoms. The molecule has 3 amide bonds. The summed E-state index contributed by atoms with van der Waals surface area (Å²) in [5, 5.41) is 5.72. The van der Waals surface area contributed by atoms with Crippen molar-refractivity contribution >= 4 is 17.7 Å². The molecule has 2 N–H and O–H groups in total. The minimum atomic E-state index is -0.556. The van der Waals surface area contributed by atoms with Gasteiger partial charge in [0.2, 0.25) is 11.8 Å². The van der Waals surface area contributed by atoms with Crippen LogP contribution in [0.5, 0.6) is 0 Å². The SMILES string of the molecule is CNC1CCCN(Cc2cccc3c2CN(C2CCC(=O)NC2=O)C3=O)C1. The number of hydrogen-bond donors (Lipinski definition) is 2. The lowest BCUT2D eigenvalue weighted by Crippen LogP contribution is -2.52. The number of fused-ring (bicyclic) bond motifs is 1. The maximum atomic E-state index is 12.9. The van der Waals surface area contributed by atoms with E-state index in [1.165, 1.54) is 12.8 Å². The number of carbonyl (C=O) groups is 3. The Balaban J connectivity index is 1.52. The van der Waals surface area contributed by atoms with Crippen LogP contribution >= 0.6 is 0 Å². The number of likely N-dealkylation sites (N-methyl/N-ethyl adjacent to an activating group) is 1. The molecule has 0 aromatic heterocycles. The van der Waals surface area contributed by atoms with Crippen molar-refractivity contribution in [1.29, 1.82) is 0 Å². The van der Waals surface area contributed by atoms with E-state index < -0.39 is 6.04 Å². The van der Waals surface area contributed by atoms with Crippen LogP contribution in [0.3, 0.4) is 0 Å². The first kappa shape index (κ1) is 18.1. The number of carbonyl (C=O) groups excluding carboxylic acids is 3. The second-order valence-corrected chi connectivity index (χ2v) is 7.71. The van der Waals surface area contributed by atoms with Gasteiger partial charge < -0.3 is 10.2 Å². The highest BCUT2D eigenvalue weighted by Gasteiger charge is 2.39. The molecule has 2 saturated heterocycles. The van der Waals surface area contributed by atoms with Crippen molar-refractivity contribution in [3.8, 4) is 0 Å². The van der Waals surface area contributed by atoms with E-state index in [1.807, 2.05) is 19.2 Å². The minimum absolute atomic E-state index is 0.104. The zero-order valence-corrected chi connectivity index (χ0v) is 15.7. The number of rotatable bonds is 4. The molecule has 1 aromatic carbocycles. The van der Waals surface area contributed by atoms with Gasteiger partial charge in [0.15, 0.2) is 0 Å². The van der Waals surface area contributed by atoms with E-state index in [2.05, 4.69) is 21.6 Å². The molecule has 4 rings (SSSR count). The summed E-state index contributed by atoms with van der Waals surface area (Å²) in [6.07, 6.45) is 3.04. The standard InChI is InChI=1S/C20H26N4O3/c1-21-14-5-3-9-23(11-14)10-13-4-2-6-15-16(13)12-24(20(15)27)17-7-8-18(25)22-19(17)26/h2,4,6,14,17,21H,3,5,7-12H2,1H3,(H,22,25,26). The van der Waals surface area contributed by atoms with Crippen molar-refractivity contribution in [2.75, 3.05) is 20.1 Å². The second kappa shape index (κ2) is 7.40. The van der Waals surface area contributed by atoms with Crippen LogP contribution in [0.4, 0.5) is 0 Å². The van der Waals surface area contributed by atoms with Gasteiger partial charge in [-0.15, -0.1) is 0 Å². The minimum Gasteiger partial charge on any atom is -0.322 e. The largest absolute Gasteiger partial charge is 0.322 e. The normalized spacial score (nSPS) is 26.3. The lowest BCUT2D eigenvalue weighted by atomic mass is 10.0. The van der Waals surface area contributed by atoms with Crippen LogP contribution in [-0.2, 0) is 22.7 Å². The Kier molecular flexibility index (Phi) is 4.97. The van der Waals surface area contributed by atoms with E-state index in [-0.39, 0.29) is 24.1 Å². The molecule has 0 spiro atoms. The molecule has 0 aliphatic carbocycles. The summed E-state index contributed by atoms with van der Waals surface area (Å²) in [7, 11) is 2.00. The Morgan fingerprint density at radius 1 is 1.22 bits per heavy atom. The van der Waals surface area contributed by atoms with Gasteiger partial charge in [-0.05, 0) is 50.0 Å². The number of nitrogens with zero attached hydrogens (tertiary/aromatic N) is 2. The van der Waals surface area contributed by atoms with Crippen molar-refractivity contribution in [2.24, 2.45) is 0 Å². The lowest BCUT2D eigenvalue weighted by Gasteiger charge is -2.33. The molecule has 3 aliphatic rings. The Morgan fingerprint density at radius 2 is 2.07 bits per heavy atom. The predicted molar refractivity (Wildman–Crippen MR) is 99.8 cm³/mol. The third-order valence-electron chi connectivity index (χ3n) is 5.99. The van der Waals surface area contributed by atoms with Gasteiger partial charge >= 0.3 is 0 Å². The molecule has 7 heteroatoms. The summed E-state index contributed by atoms with van der Waals surface area (Å²) in [5.41, 5.74) is 2.88. The van der Waals surface area contributed by atoms with Crippen molar-refractivity contribution < 1.29 is 14.4 Å². The van der Waals surface area contributed by atoms with Crippen LogP contribution in [0.1, 0.15) is 47.2 Å². The topological polar surface area (TPSA) is 81.8 Å². The van der Waals surface area contributed by atoms with E-state index in [1.54, 1.807) is 4.90 Å². The van der Waals surface area contributed by atoms with Crippen molar-refractivity contribution in [1.82, 2.24) is 20.4 Å². The zero-order valence-electron chi connectivity index (χ0n) is 15.7. The Labute approximate surface area is 159 Å². The molecular formula is C20H26N4O3. The summed E-state index contributed by atoms with van der Waals surface area (Å²) in [6, 6.07) is 5.82. The van der Waals surface area contributed by atoms with Crippen molar-refractivity contribution in [3.05, 3.63) is 34.9 Å². The summed E-state index contributed by atoms with van der Waals surface area (Å²) >= 11 is 0. The van der Waals surface area contributed by atoms with Gasteiger partial charge in [0.1, 0.15) is 6.04 Å². The number of piperidine rings is 2. The van der Waals surface area contributed by atoms with Crippen LogP contribution in [0, 0.1) is 0 Å². The smallest absolute Gasteiger partial charge is 0.255 e. The van der Waals surface area contributed by atoms with Crippen LogP contribution in [0.2, 0.25) is 0 Å². The first-order valence-corrected chi connectivity index (χ1v) is 9.72. The Morgan fingerprint density at radius 3 is 2.85 bits per heavy atom. The maximum Gasteiger partial charge on any atom is 0.255 e. The molecule has 2 unspecified atom stereocenters. The quantitative estimate of drug-likeness (QED) is 0.760. The number of hydrogen-bond acceptors (Lipinski definition) is 5. The third-order valence-corrected chi connectivity index (χ3v) is 5.99. The summed E-state index contributed by atoms with van der Waals surface area (Å²) < 4.78 is 0. The monoisotopic (exact) mass is 370 g/mol. The Hall–Kier alpha value is -2.25. The molecule has 1 aromatic rings. The molecule has 0 bridgehead atoms. The number of imide groups is 1. The maximum absolute atomic E-state index is 12.9. The van der Waals surface area contributed by atoms with Gasteiger partial charge in [0.25, 0.3) is 5.91 Å². The fraction of sp³-hybridized carbons (Fsp3) is 0.550. The van der Waals surface area contributed by atoms with Crippen LogP contribution < -0.4 is 10.6 Å². The van der Waals surface area contributed by atoms with Crippen molar-refractivity contribution in [2.45, 2.75) is 50.9 Å². The highest BCUT2D eigenvalue weighted by molar-refractivity contribution is 6.05. The molecule has 0 radical (unpaired) electrons. The zero-order chi connectivity index (χ0) is 19.0. The second-order valence-electron chi connectivity index (χ2n) is 7.71. The fourth-order valence-electron chi connectivity index (χ4n) is 4.47. The first-order chi connectivity index (χ1) is 13.1. The highest BCUT2D eigenvalue weighted by Crippen LogP contribution is 2.30. The Bertz CT molecular complexity index is 778. The van der Waals surface area contributed by atoms with Gasteiger partial charge in [-0.1, -0.05) is 12.1 Å². The average Bonchev–Trinajstić information content (AvgIpc) is 3.00. The first-order valence-electron chi connectivity index (χ1n) is 9.72. The van der Waals surface area contributed by atoms with Crippen LogP contribution in [0.25, 0.3) is 0 Å². The van der Waals surface area contributed by atoms with Crippen LogP contribution in [0.15, 0.2) is 18.2 Å². The molecule has 2 atom stereocenters. The van der Waals surface area contributed by atoms with Gasteiger partial charge in [-0.25, -0.2) is 0 Å². The number of likely N-dealkylation sites (tertiary alicyclic amines) is 1. The van der Waals surface area contributed by atoms with Gasteiger partial charge in [-0.2, -0.15) is 0 Å². The van der Waals surface area contributed by atoms with E-state index in [4.69, 9.17) is 0 Å². The summed E-state index contributed by atoms with van der Waals surface area (Å²) in [4.78, 5) is 40.6. The van der Waals surface area contributed by atoms with E-state index in [0.717, 1.165) is 30.8 Å². The third kappa shape index (κ3) is 3.49. The number of amides is 3. The van der Waals surface area contributed by atoms with Gasteiger partial charge in [0, 0.05) is 37.7 Å². The molecule has 2 fully saturated rings. The van der Waals surface area contributed by atoms with E-state index in [0.29, 0.717) is 24.6 Å². The molecular weight excluding hydrogens is 344 g/mol. The number of benzene rings is 1.